The summed E-state index contributed by atoms with van der Waals surface area (Å²) >= 11 is 0. The summed E-state index contributed by atoms with van der Waals surface area (Å²) in [7, 11) is 0. The van der Waals surface area contributed by atoms with E-state index in [4.69, 9.17) is 0 Å². The molecule has 1 saturated heterocycles. The van der Waals surface area contributed by atoms with E-state index in [1.54, 1.807) is 0 Å². The molecule has 29 heavy (non-hydrogen) atoms. The van der Waals surface area contributed by atoms with Crippen molar-refractivity contribution in [3.05, 3.63) is 65.2 Å². The number of halogens is 2. The Morgan fingerprint density at radius 1 is 1.03 bits per heavy atom. The number of nitrogens with zero attached hydrogens (tertiary/aromatic N) is 3. The lowest BCUT2D eigenvalue weighted by atomic mass is 9.86. The van der Waals surface area contributed by atoms with E-state index in [0.29, 0.717) is 6.04 Å². The van der Waals surface area contributed by atoms with Crippen molar-refractivity contribution in [3.63, 3.8) is 0 Å². The molecule has 1 aromatic heterocycles. The van der Waals surface area contributed by atoms with Crippen LogP contribution in [-0.4, -0.2) is 27.5 Å². The van der Waals surface area contributed by atoms with Crippen LogP contribution in [0, 0.1) is 12.7 Å². The molecule has 0 unspecified atom stereocenters. The number of imidazole rings is 1. The molecular weight excluding hydrogens is 385 g/mol. The summed E-state index contributed by atoms with van der Waals surface area (Å²) < 4.78 is 15.8. The first-order valence-electron chi connectivity index (χ1n) is 10.3. The van der Waals surface area contributed by atoms with Crippen molar-refractivity contribution >= 4 is 23.4 Å². The maximum atomic E-state index is 13.5. The quantitative estimate of drug-likeness (QED) is 0.519. The molecule has 1 aliphatic heterocycles. The zero-order chi connectivity index (χ0) is 19.9. The van der Waals surface area contributed by atoms with E-state index >= 15 is 0 Å². The Labute approximate surface area is 179 Å². The summed E-state index contributed by atoms with van der Waals surface area (Å²) in [6.07, 6.45) is 2.20. The van der Waals surface area contributed by atoms with Gasteiger partial charge in [-0.2, -0.15) is 0 Å². The minimum atomic E-state index is -0.218. The number of fused-ring (bicyclic) bond motifs is 1. The number of hydrogen-bond donors (Lipinski definition) is 0. The van der Waals surface area contributed by atoms with Gasteiger partial charge in [-0.25, -0.2) is 9.37 Å². The molecule has 3 aromatic rings. The highest BCUT2D eigenvalue weighted by Crippen LogP contribution is 2.30. The Hall–Kier alpha value is -1.91. The molecule has 2 heterocycles. The second-order valence-corrected chi connectivity index (χ2v) is 9.12. The van der Waals surface area contributed by atoms with E-state index in [2.05, 4.69) is 59.5 Å². The van der Waals surface area contributed by atoms with Gasteiger partial charge >= 0.3 is 0 Å². The fourth-order valence-electron chi connectivity index (χ4n) is 4.36. The first kappa shape index (κ1) is 21.8. The van der Waals surface area contributed by atoms with Gasteiger partial charge in [0.05, 0.1) is 11.0 Å². The molecule has 1 fully saturated rings. The van der Waals surface area contributed by atoms with Gasteiger partial charge in [-0.3, -0.25) is 4.90 Å². The SMILES string of the molecule is Cc1nc2cc(F)ccc2n1C1CCN(Cc2ccc(C(C)(C)C)cc2)CC1.Cl. The van der Waals surface area contributed by atoms with E-state index in [1.807, 2.05) is 13.0 Å². The predicted octanol–water partition coefficient (Wildman–Crippen LogP) is 6.04. The molecule has 2 aromatic carbocycles. The molecular formula is C24H31ClFN3. The number of aromatic nitrogens is 2. The van der Waals surface area contributed by atoms with Gasteiger partial charge in [-0.15, -0.1) is 12.4 Å². The third-order valence-electron chi connectivity index (χ3n) is 5.98. The maximum absolute atomic E-state index is 13.5. The summed E-state index contributed by atoms with van der Waals surface area (Å²) in [5.74, 6) is 0.765. The highest BCUT2D eigenvalue weighted by molar-refractivity contribution is 5.85. The predicted molar refractivity (Wildman–Crippen MR) is 120 cm³/mol. The van der Waals surface area contributed by atoms with Crippen LogP contribution < -0.4 is 0 Å². The van der Waals surface area contributed by atoms with Crippen LogP contribution in [0.3, 0.4) is 0 Å². The lowest BCUT2D eigenvalue weighted by Gasteiger charge is -2.33. The summed E-state index contributed by atoms with van der Waals surface area (Å²) in [5, 5.41) is 0. The maximum Gasteiger partial charge on any atom is 0.125 e. The van der Waals surface area contributed by atoms with Crippen molar-refractivity contribution in [2.24, 2.45) is 0 Å². The Morgan fingerprint density at radius 3 is 2.31 bits per heavy atom. The molecule has 3 nitrogen and oxygen atoms in total. The minimum Gasteiger partial charge on any atom is -0.325 e. The Morgan fingerprint density at radius 2 is 1.69 bits per heavy atom. The van der Waals surface area contributed by atoms with Crippen LogP contribution in [0.5, 0.6) is 0 Å². The molecule has 0 saturated carbocycles. The van der Waals surface area contributed by atoms with Crippen molar-refractivity contribution in [2.45, 2.75) is 58.5 Å². The summed E-state index contributed by atoms with van der Waals surface area (Å²) in [6.45, 7) is 11.9. The zero-order valence-electron chi connectivity index (χ0n) is 17.8. The monoisotopic (exact) mass is 415 g/mol. The molecule has 0 spiro atoms. The topological polar surface area (TPSA) is 21.1 Å². The van der Waals surface area contributed by atoms with Crippen LogP contribution in [0.1, 0.15) is 56.6 Å². The van der Waals surface area contributed by atoms with Crippen LogP contribution >= 0.6 is 12.4 Å². The molecule has 0 N–H and O–H groups in total. The molecule has 0 aliphatic carbocycles. The standard InChI is InChI=1S/C24H30FN3.ClH/c1-17-26-22-15-20(25)9-10-23(22)28(17)21-11-13-27(14-12-21)16-18-5-7-19(8-6-18)24(2,3)4;/h5-10,15,21H,11-14,16H2,1-4H3;1H. The third-order valence-corrected chi connectivity index (χ3v) is 5.98. The first-order chi connectivity index (χ1) is 13.3. The van der Waals surface area contributed by atoms with Crippen LogP contribution in [-0.2, 0) is 12.0 Å². The molecule has 0 radical (unpaired) electrons. The lowest BCUT2D eigenvalue weighted by molar-refractivity contribution is 0.180. The molecule has 5 heteroatoms. The fraction of sp³-hybridized carbons (Fsp3) is 0.458. The van der Waals surface area contributed by atoms with E-state index in [1.165, 1.54) is 23.3 Å². The highest BCUT2D eigenvalue weighted by atomic mass is 35.5. The summed E-state index contributed by atoms with van der Waals surface area (Å²) in [5.41, 5.74) is 4.78. The van der Waals surface area contributed by atoms with Crippen molar-refractivity contribution in [1.82, 2.24) is 14.5 Å². The van der Waals surface area contributed by atoms with Crippen LogP contribution in [0.25, 0.3) is 11.0 Å². The van der Waals surface area contributed by atoms with Gasteiger partial charge in [0.15, 0.2) is 0 Å². The second kappa shape index (κ2) is 8.45. The number of aryl methyl sites for hydroxylation is 1. The molecule has 0 bridgehead atoms. The fourth-order valence-corrected chi connectivity index (χ4v) is 4.36. The molecule has 1 aliphatic rings. The Bertz CT molecular complexity index is 964. The summed E-state index contributed by atoms with van der Waals surface area (Å²) in [4.78, 5) is 7.11. The average Bonchev–Trinajstić information content (AvgIpc) is 2.97. The first-order valence-corrected chi connectivity index (χ1v) is 10.3. The number of piperidine rings is 1. The highest BCUT2D eigenvalue weighted by Gasteiger charge is 2.23. The van der Waals surface area contributed by atoms with E-state index in [9.17, 15) is 4.39 Å². The molecule has 156 valence electrons. The number of rotatable bonds is 3. The van der Waals surface area contributed by atoms with Gasteiger partial charge in [0.2, 0.25) is 0 Å². The number of hydrogen-bond acceptors (Lipinski definition) is 2. The van der Waals surface area contributed by atoms with E-state index in [-0.39, 0.29) is 23.6 Å². The lowest BCUT2D eigenvalue weighted by Crippen LogP contribution is -2.34. The van der Waals surface area contributed by atoms with E-state index < -0.39 is 0 Å². The van der Waals surface area contributed by atoms with Gasteiger partial charge in [0.25, 0.3) is 0 Å². The molecule has 0 amide bonds. The molecule has 0 atom stereocenters. The Kier molecular flexibility index (Phi) is 6.35. The van der Waals surface area contributed by atoms with Gasteiger partial charge in [0, 0.05) is 31.7 Å². The van der Waals surface area contributed by atoms with Crippen LogP contribution in [0.4, 0.5) is 4.39 Å². The Balaban J connectivity index is 0.00000240. The van der Waals surface area contributed by atoms with Crippen LogP contribution in [0.15, 0.2) is 42.5 Å². The zero-order valence-corrected chi connectivity index (χ0v) is 18.6. The second-order valence-electron chi connectivity index (χ2n) is 9.12. The third kappa shape index (κ3) is 4.65. The summed E-state index contributed by atoms with van der Waals surface area (Å²) in [6, 6.07) is 14.5. The van der Waals surface area contributed by atoms with Crippen molar-refractivity contribution in [1.29, 1.82) is 0 Å². The van der Waals surface area contributed by atoms with Crippen LogP contribution in [0.2, 0.25) is 0 Å². The van der Waals surface area contributed by atoms with Gasteiger partial charge in [-0.1, -0.05) is 45.0 Å². The minimum absolute atomic E-state index is 0. The largest absolute Gasteiger partial charge is 0.325 e. The molecule has 4 rings (SSSR count). The van der Waals surface area contributed by atoms with Crippen molar-refractivity contribution < 1.29 is 4.39 Å². The average molecular weight is 416 g/mol. The van der Waals surface area contributed by atoms with Crippen molar-refractivity contribution in [2.75, 3.05) is 13.1 Å². The van der Waals surface area contributed by atoms with Gasteiger partial charge < -0.3 is 4.57 Å². The number of likely N-dealkylation sites (tertiary alicyclic amines) is 1. The van der Waals surface area contributed by atoms with Gasteiger partial charge in [-0.05, 0) is 48.4 Å². The van der Waals surface area contributed by atoms with E-state index in [0.717, 1.165) is 49.3 Å². The van der Waals surface area contributed by atoms with Gasteiger partial charge in [0.1, 0.15) is 11.6 Å². The smallest absolute Gasteiger partial charge is 0.125 e. The normalized spacial score (nSPS) is 16.2. The van der Waals surface area contributed by atoms with Crippen molar-refractivity contribution in [3.8, 4) is 0 Å². The number of benzene rings is 2.